The van der Waals surface area contributed by atoms with Crippen LogP contribution in [0.2, 0.25) is 0 Å². The molecular formula is C34H52O4. The maximum atomic E-state index is 11.5. The predicted octanol–water partition coefficient (Wildman–Crippen LogP) is 7.68. The number of aryl methyl sites for hydroxylation is 1. The van der Waals surface area contributed by atoms with Crippen LogP contribution in [-0.2, 0) is 22.7 Å². The summed E-state index contributed by atoms with van der Waals surface area (Å²) >= 11 is 0. The van der Waals surface area contributed by atoms with Crippen molar-refractivity contribution < 1.29 is 20.1 Å². The Hall–Kier alpha value is -2.04. The van der Waals surface area contributed by atoms with Gasteiger partial charge in [-0.2, -0.15) is 0 Å². The van der Waals surface area contributed by atoms with Crippen molar-refractivity contribution in [1.29, 1.82) is 0 Å². The van der Waals surface area contributed by atoms with E-state index in [0.29, 0.717) is 25.0 Å². The van der Waals surface area contributed by atoms with Crippen LogP contribution in [0.1, 0.15) is 127 Å². The van der Waals surface area contributed by atoms with E-state index < -0.39 is 6.10 Å². The fourth-order valence-electron chi connectivity index (χ4n) is 6.35. The monoisotopic (exact) mass is 524 g/mol. The minimum absolute atomic E-state index is 0.000507. The molecule has 4 nitrogen and oxygen atoms in total. The molecular weight excluding hydrogens is 472 g/mol. The zero-order valence-electron chi connectivity index (χ0n) is 25.2. The second-order valence-electron chi connectivity index (χ2n) is 13.8. The number of phenols is 1. The number of phenolic OH excluding ortho intramolecular Hbond substituents is 1. The minimum Gasteiger partial charge on any atom is -0.507 e. The summed E-state index contributed by atoms with van der Waals surface area (Å²) < 4.78 is 5.88. The van der Waals surface area contributed by atoms with Crippen molar-refractivity contribution in [3.63, 3.8) is 0 Å². The first kappa shape index (κ1) is 30.5. The van der Waals surface area contributed by atoms with Gasteiger partial charge in [-0.1, -0.05) is 98.1 Å². The normalized spacial score (nSPS) is 17.7. The minimum atomic E-state index is -0.633. The molecule has 0 radical (unpaired) electrons. The van der Waals surface area contributed by atoms with Gasteiger partial charge in [-0.15, -0.1) is 0 Å². The highest BCUT2D eigenvalue weighted by Gasteiger charge is 2.34. The number of aromatic hydroxyl groups is 1. The maximum absolute atomic E-state index is 11.5. The van der Waals surface area contributed by atoms with E-state index >= 15 is 0 Å². The van der Waals surface area contributed by atoms with Crippen molar-refractivity contribution in [2.45, 2.75) is 128 Å². The molecule has 4 heteroatoms. The van der Waals surface area contributed by atoms with E-state index in [1.165, 1.54) is 19.3 Å². The van der Waals surface area contributed by atoms with Gasteiger partial charge in [0.1, 0.15) is 11.5 Å². The van der Waals surface area contributed by atoms with E-state index in [2.05, 4.69) is 66.7 Å². The fraction of sp³-hybridized carbons (Fsp3) is 0.647. The van der Waals surface area contributed by atoms with Crippen molar-refractivity contribution in [3.8, 4) is 11.5 Å². The van der Waals surface area contributed by atoms with E-state index in [1.54, 1.807) is 7.11 Å². The zero-order chi connectivity index (χ0) is 28.3. The lowest BCUT2D eigenvalue weighted by Gasteiger charge is -2.36. The van der Waals surface area contributed by atoms with Crippen molar-refractivity contribution in [2.75, 3.05) is 13.7 Å². The van der Waals surface area contributed by atoms with Crippen LogP contribution in [0.3, 0.4) is 0 Å². The average Bonchev–Trinajstić information content (AvgIpc) is 2.85. The van der Waals surface area contributed by atoms with Gasteiger partial charge in [-0.25, -0.2) is 0 Å². The fourth-order valence-corrected chi connectivity index (χ4v) is 6.35. The first-order valence-corrected chi connectivity index (χ1v) is 14.6. The number of hydrogen-bond donors (Lipinski definition) is 3. The van der Waals surface area contributed by atoms with Crippen LogP contribution in [0.25, 0.3) is 0 Å². The van der Waals surface area contributed by atoms with Gasteiger partial charge in [0.05, 0.1) is 13.2 Å². The van der Waals surface area contributed by atoms with Crippen molar-refractivity contribution in [2.24, 2.45) is 0 Å². The number of para-hydroxylation sites is 1. The maximum Gasteiger partial charge on any atom is 0.126 e. The van der Waals surface area contributed by atoms with Crippen LogP contribution in [-0.4, -0.2) is 35.1 Å². The summed E-state index contributed by atoms with van der Waals surface area (Å²) in [7, 11) is 1.69. The smallest absolute Gasteiger partial charge is 0.126 e. The van der Waals surface area contributed by atoms with Crippen LogP contribution in [0, 0.1) is 0 Å². The molecule has 0 spiro atoms. The van der Waals surface area contributed by atoms with Gasteiger partial charge >= 0.3 is 0 Å². The molecule has 0 heterocycles. The number of aliphatic hydroxyl groups excluding tert-OH is 2. The summed E-state index contributed by atoms with van der Waals surface area (Å²) in [6.45, 7) is 15.2. The third kappa shape index (κ3) is 6.74. The van der Waals surface area contributed by atoms with Crippen molar-refractivity contribution >= 4 is 0 Å². The Morgan fingerprint density at radius 3 is 2.11 bits per heavy atom. The molecule has 2 unspecified atom stereocenters. The summed E-state index contributed by atoms with van der Waals surface area (Å²) in [6, 6.07) is 10.5. The summed E-state index contributed by atoms with van der Waals surface area (Å²) in [5.74, 6) is 1.03. The van der Waals surface area contributed by atoms with Gasteiger partial charge in [-0.3, -0.25) is 0 Å². The van der Waals surface area contributed by atoms with E-state index in [9.17, 15) is 15.3 Å². The number of ether oxygens (including phenoxy) is 1. The average molecular weight is 525 g/mol. The number of rotatable bonds is 9. The highest BCUT2D eigenvalue weighted by atomic mass is 16.5. The second kappa shape index (κ2) is 12.0. The van der Waals surface area contributed by atoms with Crippen LogP contribution >= 0.6 is 0 Å². The molecule has 2 aromatic rings. The Morgan fingerprint density at radius 2 is 1.55 bits per heavy atom. The molecule has 3 rings (SSSR count). The summed E-state index contributed by atoms with van der Waals surface area (Å²) in [5, 5.41) is 32.8. The van der Waals surface area contributed by atoms with Gasteiger partial charge < -0.3 is 20.1 Å². The largest absolute Gasteiger partial charge is 0.507 e. The Bertz CT molecular complexity index is 1070. The lowest BCUT2D eigenvalue weighted by Crippen LogP contribution is -2.27. The molecule has 0 aliphatic heterocycles. The molecule has 2 aromatic carbocycles. The lowest BCUT2D eigenvalue weighted by atomic mass is 9.68. The summed E-state index contributed by atoms with van der Waals surface area (Å²) in [5.41, 5.74) is 4.97. The third-order valence-electron chi connectivity index (χ3n) is 8.68. The number of methoxy groups -OCH3 is 1. The lowest BCUT2D eigenvalue weighted by molar-refractivity contribution is 0.116. The van der Waals surface area contributed by atoms with Crippen LogP contribution < -0.4 is 4.74 Å². The Kier molecular flexibility index (Phi) is 9.63. The number of aliphatic hydroxyl groups is 2. The van der Waals surface area contributed by atoms with E-state index in [4.69, 9.17) is 4.74 Å². The molecule has 38 heavy (non-hydrogen) atoms. The van der Waals surface area contributed by atoms with Crippen molar-refractivity contribution in [3.05, 3.63) is 58.1 Å². The van der Waals surface area contributed by atoms with E-state index in [1.807, 2.05) is 12.1 Å². The molecule has 0 aromatic heterocycles. The molecule has 2 atom stereocenters. The quantitative estimate of drug-likeness (QED) is 0.315. The molecule has 1 saturated carbocycles. The predicted molar refractivity (Wildman–Crippen MR) is 158 cm³/mol. The van der Waals surface area contributed by atoms with Crippen LogP contribution in [0.15, 0.2) is 30.3 Å². The van der Waals surface area contributed by atoms with Crippen LogP contribution in [0.5, 0.6) is 11.5 Å². The Morgan fingerprint density at radius 1 is 0.921 bits per heavy atom. The topological polar surface area (TPSA) is 69.9 Å². The molecule has 0 bridgehead atoms. The molecule has 0 amide bonds. The van der Waals surface area contributed by atoms with Gasteiger partial charge in [0, 0.05) is 23.7 Å². The zero-order valence-corrected chi connectivity index (χ0v) is 25.2. The first-order chi connectivity index (χ1) is 17.7. The molecule has 1 aliphatic carbocycles. The number of benzene rings is 2. The van der Waals surface area contributed by atoms with Gasteiger partial charge in [-0.05, 0) is 65.0 Å². The third-order valence-corrected chi connectivity index (χ3v) is 8.68. The highest BCUT2D eigenvalue weighted by molar-refractivity contribution is 5.51. The van der Waals surface area contributed by atoms with Crippen molar-refractivity contribution in [1.82, 2.24) is 0 Å². The first-order valence-electron chi connectivity index (χ1n) is 14.6. The molecule has 0 saturated heterocycles. The van der Waals surface area contributed by atoms with E-state index in [-0.39, 0.29) is 28.8 Å². The van der Waals surface area contributed by atoms with E-state index in [0.717, 1.165) is 46.4 Å². The highest BCUT2D eigenvalue weighted by Crippen LogP contribution is 2.47. The van der Waals surface area contributed by atoms with Gasteiger partial charge in [0.15, 0.2) is 0 Å². The second-order valence-corrected chi connectivity index (χ2v) is 13.8. The molecule has 212 valence electrons. The Labute approximate surface area is 231 Å². The molecule has 1 aliphatic rings. The summed E-state index contributed by atoms with van der Waals surface area (Å²) in [6.07, 6.45) is 6.96. The molecule has 1 fully saturated rings. The summed E-state index contributed by atoms with van der Waals surface area (Å²) in [4.78, 5) is 0. The Balaban J connectivity index is 1.95. The number of hydrogen-bond acceptors (Lipinski definition) is 4. The standard InChI is InChI=1S/C34H52O4/c1-32(2,3)26-14-12-13-25(31(26)38-8)24(17-20-35)29(36)16-15-23-21-27(33(4,5)6)30(37)28(22-23)34(7)18-10-9-11-19-34/h12-14,21-22,24,29,35-37H,9-11,15-20H2,1-8H3. The van der Waals surface area contributed by atoms with Gasteiger partial charge in [0.2, 0.25) is 0 Å². The SMILES string of the molecule is COc1c(C(CCO)C(O)CCc2cc(C(C)(C)C)c(O)c(C3(C)CCCCC3)c2)cccc1C(C)(C)C. The molecule has 3 N–H and O–H groups in total. The van der Waals surface area contributed by atoms with Gasteiger partial charge in [0.25, 0.3) is 0 Å². The van der Waals surface area contributed by atoms with Crippen LogP contribution in [0.4, 0.5) is 0 Å².